The minimum Gasteiger partial charge on any atom is -0.504 e. The number of phenolic OH excluding ortho intramolecular Hbond substituents is 1. The minimum absolute atomic E-state index is 0.169. The number of benzene rings is 1. The fraction of sp³-hybridized carbons (Fsp3) is 0.600. The Morgan fingerprint density at radius 2 is 2.17 bits per heavy atom. The number of aromatic hydroxyl groups is 1. The van der Waals surface area contributed by atoms with Crippen LogP contribution in [0.5, 0.6) is 11.5 Å². The number of methoxy groups -OCH3 is 1. The number of phenols is 1. The number of nitrogens with zero attached hydrogens (tertiary/aromatic N) is 1. The third-order valence-corrected chi connectivity index (χ3v) is 6.94. The summed E-state index contributed by atoms with van der Waals surface area (Å²) in [5.74, 6) is 1.65. The van der Waals surface area contributed by atoms with Crippen molar-refractivity contribution < 1.29 is 14.6 Å². The van der Waals surface area contributed by atoms with Crippen molar-refractivity contribution in [3.05, 3.63) is 23.3 Å². The fourth-order valence-corrected chi connectivity index (χ4v) is 5.68. The predicted molar refractivity (Wildman–Crippen MR) is 88.8 cm³/mol. The summed E-state index contributed by atoms with van der Waals surface area (Å²) in [7, 11) is 1.58. The largest absolute Gasteiger partial charge is 0.504 e. The second-order valence-corrected chi connectivity index (χ2v) is 7.88. The van der Waals surface area contributed by atoms with Crippen molar-refractivity contribution >= 4 is 5.78 Å². The van der Waals surface area contributed by atoms with Gasteiger partial charge in [0.05, 0.1) is 13.2 Å². The van der Waals surface area contributed by atoms with Crippen molar-refractivity contribution in [1.82, 2.24) is 0 Å². The van der Waals surface area contributed by atoms with E-state index in [1.807, 2.05) is 12.1 Å². The van der Waals surface area contributed by atoms with E-state index in [9.17, 15) is 15.2 Å². The number of carbonyl (C=O) groups is 1. The van der Waals surface area contributed by atoms with E-state index >= 15 is 0 Å². The maximum Gasteiger partial charge on any atom is 0.160 e. The zero-order chi connectivity index (χ0) is 17.1. The molecule has 3 aliphatic rings. The quantitative estimate of drug-likeness (QED) is 0.857. The highest BCUT2D eigenvalue weighted by Gasteiger charge is 2.58. The summed E-state index contributed by atoms with van der Waals surface area (Å²) < 4.78 is 5.30. The lowest BCUT2D eigenvalue weighted by Gasteiger charge is -2.48. The molecule has 1 aromatic rings. The number of ketones is 1. The lowest BCUT2D eigenvalue weighted by Crippen LogP contribution is -2.42. The monoisotopic (exact) mass is 325 g/mol. The Morgan fingerprint density at radius 3 is 2.88 bits per heavy atom. The summed E-state index contributed by atoms with van der Waals surface area (Å²) in [4.78, 5) is 12.7. The summed E-state index contributed by atoms with van der Waals surface area (Å²) >= 11 is 0. The van der Waals surface area contributed by atoms with Gasteiger partial charge in [-0.05, 0) is 73.1 Å². The van der Waals surface area contributed by atoms with Crippen LogP contribution in [0, 0.1) is 34.5 Å². The average molecular weight is 325 g/mol. The van der Waals surface area contributed by atoms with E-state index in [1.165, 1.54) is 11.1 Å². The van der Waals surface area contributed by atoms with E-state index in [0.29, 0.717) is 23.5 Å². The number of nitriles is 1. The lowest BCUT2D eigenvalue weighted by molar-refractivity contribution is -0.130. The highest BCUT2D eigenvalue weighted by atomic mass is 16.5. The van der Waals surface area contributed by atoms with Gasteiger partial charge in [0.25, 0.3) is 0 Å². The maximum absolute atomic E-state index is 12.7. The van der Waals surface area contributed by atoms with Gasteiger partial charge in [-0.15, -0.1) is 0 Å². The first-order chi connectivity index (χ1) is 11.5. The van der Waals surface area contributed by atoms with E-state index in [2.05, 4.69) is 13.0 Å². The van der Waals surface area contributed by atoms with Crippen molar-refractivity contribution in [3.8, 4) is 17.6 Å². The molecule has 1 N–H and O–H groups in total. The lowest BCUT2D eigenvalue weighted by atomic mass is 9.55. The number of hydrogen-bond donors (Lipinski definition) is 1. The van der Waals surface area contributed by atoms with Gasteiger partial charge < -0.3 is 9.84 Å². The second kappa shape index (κ2) is 5.24. The van der Waals surface area contributed by atoms with Gasteiger partial charge in [0, 0.05) is 5.41 Å². The summed E-state index contributed by atoms with van der Waals surface area (Å²) in [5.41, 5.74) is 2.16. The van der Waals surface area contributed by atoms with Gasteiger partial charge in [-0.3, -0.25) is 4.79 Å². The van der Waals surface area contributed by atoms with Crippen molar-refractivity contribution in [3.63, 3.8) is 0 Å². The zero-order valence-electron chi connectivity index (χ0n) is 14.2. The van der Waals surface area contributed by atoms with Gasteiger partial charge in [-0.1, -0.05) is 6.92 Å². The maximum atomic E-state index is 12.7. The molecule has 0 saturated heterocycles. The molecule has 0 bridgehead atoms. The van der Waals surface area contributed by atoms with Crippen LogP contribution in [-0.4, -0.2) is 18.0 Å². The Morgan fingerprint density at radius 1 is 1.38 bits per heavy atom. The van der Waals surface area contributed by atoms with Gasteiger partial charge in [0.1, 0.15) is 5.92 Å². The number of fused-ring (bicyclic) bond motifs is 5. The average Bonchev–Trinajstić information content (AvgIpc) is 2.85. The Balaban J connectivity index is 1.73. The van der Waals surface area contributed by atoms with E-state index in [-0.39, 0.29) is 16.9 Å². The molecule has 0 radical (unpaired) electrons. The van der Waals surface area contributed by atoms with E-state index in [0.717, 1.165) is 32.1 Å². The topological polar surface area (TPSA) is 70.3 Å². The highest BCUT2D eigenvalue weighted by Crippen LogP contribution is 2.61. The molecule has 2 fully saturated rings. The SMILES string of the molecule is COc1cc2c(cc1O)CCC1C2CC[C@]2(C)C(=O)C(C#N)CC12. The first-order valence-electron chi connectivity index (χ1n) is 8.83. The summed E-state index contributed by atoms with van der Waals surface area (Å²) in [6, 6.07) is 6.07. The van der Waals surface area contributed by atoms with Crippen LogP contribution in [0.1, 0.15) is 49.7 Å². The van der Waals surface area contributed by atoms with Crippen LogP contribution in [0.2, 0.25) is 0 Å². The van der Waals surface area contributed by atoms with Crippen LogP contribution < -0.4 is 4.74 Å². The van der Waals surface area contributed by atoms with Gasteiger partial charge >= 0.3 is 0 Å². The molecule has 0 aromatic heterocycles. The number of carbonyl (C=O) groups excluding carboxylic acids is 1. The fourth-order valence-electron chi connectivity index (χ4n) is 5.68. The molecule has 4 nitrogen and oxygen atoms in total. The predicted octanol–water partition coefficient (Wildman–Crippen LogP) is 3.58. The van der Waals surface area contributed by atoms with Crippen LogP contribution >= 0.6 is 0 Å². The standard InChI is InChI=1S/C20H23NO3/c1-20-6-5-13-14(16(20)7-12(10-21)19(20)23)4-3-11-8-17(22)18(24-2)9-15(11)13/h8-9,12-14,16,22H,3-7H2,1-2H3/t12?,13?,14?,16?,20-/m0/s1. The minimum atomic E-state index is -0.422. The van der Waals surface area contributed by atoms with E-state index in [1.54, 1.807) is 7.11 Å². The molecule has 4 unspecified atom stereocenters. The Labute approximate surface area is 142 Å². The molecular weight excluding hydrogens is 302 g/mol. The smallest absolute Gasteiger partial charge is 0.160 e. The number of aryl methyl sites for hydroxylation is 1. The van der Waals surface area contributed by atoms with Gasteiger partial charge in [-0.25, -0.2) is 0 Å². The summed E-state index contributed by atoms with van der Waals surface area (Å²) in [6.07, 6.45) is 4.51. The van der Waals surface area contributed by atoms with Crippen molar-refractivity contribution in [2.24, 2.45) is 23.2 Å². The second-order valence-electron chi connectivity index (χ2n) is 7.88. The molecule has 0 amide bonds. The summed E-state index contributed by atoms with van der Waals surface area (Å²) in [5, 5.41) is 19.4. The van der Waals surface area contributed by atoms with E-state index in [4.69, 9.17) is 4.74 Å². The third-order valence-electron chi connectivity index (χ3n) is 6.94. The molecule has 126 valence electrons. The van der Waals surface area contributed by atoms with Crippen LogP contribution in [0.25, 0.3) is 0 Å². The zero-order valence-corrected chi connectivity index (χ0v) is 14.2. The molecule has 2 saturated carbocycles. The van der Waals surface area contributed by atoms with Gasteiger partial charge in [-0.2, -0.15) is 5.26 Å². The molecule has 0 aliphatic heterocycles. The van der Waals surface area contributed by atoms with Crippen molar-refractivity contribution in [1.29, 1.82) is 5.26 Å². The molecule has 0 heterocycles. The highest BCUT2D eigenvalue weighted by molar-refractivity contribution is 5.91. The third kappa shape index (κ3) is 1.94. The molecule has 5 atom stereocenters. The van der Waals surface area contributed by atoms with Crippen LogP contribution in [-0.2, 0) is 11.2 Å². The Bertz CT molecular complexity index is 750. The van der Waals surface area contributed by atoms with Gasteiger partial charge in [0.2, 0.25) is 0 Å². The summed E-state index contributed by atoms with van der Waals surface area (Å²) in [6.45, 7) is 2.08. The normalized spacial score (nSPS) is 37.1. The van der Waals surface area contributed by atoms with Crippen LogP contribution in [0.4, 0.5) is 0 Å². The molecular formula is C20H23NO3. The number of ether oxygens (including phenoxy) is 1. The van der Waals surface area contributed by atoms with Crippen LogP contribution in [0.3, 0.4) is 0 Å². The van der Waals surface area contributed by atoms with Crippen molar-refractivity contribution in [2.45, 2.75) is 44.9 Å². The Kier molecular flexibility index (Phi) is 3.38. The molecule has 4 rings (SSSR count). The molecule has 1 aromatic carbocycles. The number of Topliss-reactive ketones (excluding diaryl/α,β-unsaturated/α-hetero) is 1. The Hall–Kier alpha value is -2.02. The number of rotatable bonds is 1. The first-order valence-corrected chi connectivity index (χ1v) is 8.83. The number of hydrogen-bond acceptors (Lipinski definition) is 4. The molecule has 24 heavy (non-hydrogen) atoms. The first kappa shape index (κ1) is 15.5. The molecule has 4 heteroatoms. The molecule has 3 aliphatic carbocycles. The molecule has 0 spiro atoms. The van der Waals surface area contributed by atoms with Gasteiger partial charge in [0.15, 0.2) is 17.3 Å². The van der Waals surface area contributed by atoms with E-state index < -0.39 is 5.92 Å². The van der Waals surface area contributed by atoms with Crippen molar-refractivity contribution in [2.75, 3.05) is 7.11 Å². The van der Waals surface area contributed by atoms with Crippen LogP contribution in [0.15, 0.2) is 12.1 Å².